The maximum absolute atomic E-state index is 13.2. The van der Waals surface area contributed by atoms with E-state index < -0.39 is 10.0 Å². The molecule has 0 spiro atoms. The van der Waals surface area contributed by atoms with Crippen LogP contribution in [0.5, 0.6) is 0 Å². The molecule has 8 heteroatoms. The average Bonchev–Trinajstić information content (AvgIpc) is 2.79. The number of piperazine rings is 1. The van der Waals surface area contributed by atoms with Gasteiger partial charge in [0.2, 0.25) is 10.0 Å². The van der Waals surface area contributed by atoms with Gasteiger partial charge < -0.3 is 9.80 Å². The summed E-state index contributed by atoms with van der Waals surface area (Å²) in [6.45, 7) is 7.49. The van der Waals surface area contributed by atoms with Crippen LogP contribution in [0.3, 0.4) is 0 Å². The Labute approximate surface area is 189 Å². The highest BCUT2D eigenvalue weighted by molar-refractivity contribution is 7.89. The van der Waals surface area contributed by atoms with Crippen molar-refractivity contribution in [2.24, 2.45) is 11.8 Å². The second-order valence-electron chi connectivity index (χ2n) is 9.05. The molecule has 6 nitrogen and oxygen atoms in total. The van der Waals surface area contributed by atoms with Gasteiger partial charge in [-0.05, 0) is 60.7 Å². The number of piperidine rings is 1. The molecule has 0 radical (unpaired) electrons. The molecule has 2 aliphatic rings. The fraction of sp³-hybridized carbons (Fsp3) is 0.458. The fourth-order valence-electron chi connectivity index (χ4n) is 4.74. The Morgan fingerprint density at radius 3 is 2.19 bits per heavy atom. The molecule has 0 saturated carbocycles. The van der Waals surface area contributed by atoms with Gasteiger partial charge in [-0.25, -0.2) is 12.8 Å². The molecule has 0 aliphatic carbocycles. The highest BCUT2D eigenvalue weighted by Gasteiger charge is 2.32. The lowest BCUT2D eigenvalue weighted by molar-refractivity contribution is 0.0746. The summed E-state index contributed by atoms with van der Waals surface area (Å²) in [6.07, 6.45) is 1.02. The predicted molar refractivity (Wildman–Crippen MR) is 123 cm³/mol. The van der Waals surface area contributed by atoms with Crippen LogP contribution in [0.1, 0.15) is 30.6 Å². The monoisotopic (exact) mass is 459 g/mol. The van der Waals surface area contributed by atoms with Gasteiger partial charge in [0.15, 0.2) is 0 Å². The zero-order valence-corrected chi connectivity index (χ0v) is 19.4. The Morgan fingerprint density at radius 1 is 0.938 bits per heavy atom. The van der Waals surface area contributed by atoms with E-state index in [1.807, 2.05) is 0 Å². The van der Waals surface area contributed by atoms with Gasteiger partial charge in [0.1, 0.15) is 5.82 Å². The number of anilines is 1. The highest BCUT2D eigenvalue weighted by Crippen LogP contribution is 2.27. The van der Waals surface area contributed by atoms with Gasteiger partial charge in [-0.3, -0.25) is 4.79 Å². The van der Waals surface area contributed by atoms with E-state index in [-0.39, 0.29) is 16.6 Å². The Balaban J connectivity index is 1.45. The van der Waals surface area contributed by atoms with Crippen molar-refractivity contribution in [3.8, 4) is 0 Å². The van der Waals surface area contributed by atoms with Crippen LogP contribution >= 0.6 is 0 Å². The van der Waals surface area contributed by atoms with Crippen LogP contribution in [0.15, 0.2) is 53.4 Å². The van der Waals surface area contributed by atoms with Crippen LogP contribution in [-0.2, 0) is 10.0 Å². The van der Waals surface area contributed by atoms with E-state index in [1.54, 1.807) is 39.5 Å². The first-order chi connectivity index (χ1) is 15.2. The summed E-state index contributed by atoms with van der Waals surface area (Å²) < 4.78 is 41.2. The molecule has 0 unspecified atom stereocenters. The number of amides is 1. The Morgan fingerprint density at radius 2 is 1.56 bits per heavy atom. The van der Waals surface area contributed by atoms with Crippen molar-refractivity contribution in [2.75, 3.05) is 44.2 Å². The third kappa shape index (κ3) is 4.81. The van der Waals surface area contributed by atoms with E-state index in [1.165, 1.54) is 18.2 Å². The fourth-order valence-corrected chi connectivity index (χ4v) is 6.47. The first-order valence-electron chi connectivity index (χ1n) is 11.1. The largest absolute Gasteiger partial charge is 0.368 e. The van der Waals surface area contributed by atoms with Gasteiger partial charge >= 0.3 is 0 Å². The molecule has 2 saturated heterocycles. The topological polar surface area (TPSA) is 60.9 Å². The van der Waals surface area contributed by atoms with Gasteiger partial charge in [-0.15, -0.1) is 0 Å². The summed E-state index contributed by atoms with van der Waals surface area (Å²) in [4.78, 5) is 17.1. The number of rotatable bonds is 4. The maximum Gasteiger partial charge on any atom is 0.254 e. The maximum atomic E-state index is 13.2. The van der Waals surface area contributed by atoms with E-state index in [0.717, 1.165) is 12.1 Å². The van der Waals surface area contributed by atoms with Crippen LogP contribution in [0, 0.1) is 17.7 Å². The molecule has 2 aliphatic heterocycles. The lowest BCUT2D eigenvalue weighted by atomic mass is 9.94. The lowest BCUT2D eigenvalue weighted by Gasteiger charge is -2.36. The van der Waals surface area contributed by atoms with Crippen molar-refractivity contribution in [1.82, 2.24) is 9.21 Å². The smallest absolute Gasteiger partial charge is 0.254 e. The van der Waals surface area contributed by atoms with Crippen LogP contribution in [-0.4, -0.2) is 62.8 Å². The third-order valence-corrected chi connectivity index (χ3v) is 8.14. The molecule has 2 fully saturated rings. The standard InChI is InChI=1S/C24H30FN3O3S/c1-18-14-19(2)17-28(16-18)32(30,31)23-5-3-4-20(15-23)24(29)27-12-10-26(11-13-27)22-8-6-21(25)7-9-22/h3-9,15,18-19H,10-14,16-17H2,1-2H3/t18-,19-/m1/s1. The van der Waals surface area contributed by atoms with E-state index in [0.29, 0.717) is 56.7 Å². The van der Waals surface area contributed by atoms with Crippen molar-refractivity contribution in [1.29, 1.82) is 0 Å². The third-order valence-electron chi connectivity index (χ3n) is 6.31. The quantitative estimate of drug-likeness (QED) is 0.703. The number of hydrogen-bond acceptors (Lipinski definition) is 4. The minimum atomic E-state index is -3.64. The number of hydrogen-bond donors (Lipinski definition) is 0. The minimum absolute atomic E-state index is 0.166. The molecule has 0 N–H and O–H groups in total. The van der Waals surface area contributed by atoms with Crippen molar-refractivity contribution in [3.05, 3.63) is 59.9 Å². The lowest BCUT2D eigenvalue weighted by Crippen LogP contribution is -2.48. The van der Waals surface area contributed by atoms with Crippen LogP contribution in [0.25, 0.3) is 0 Å². The van der Waals surface area contributed by atoms with E-state index in [9.17, 15) is 17.6 Å². The van der Waals surface area contributed by atoms with E-state index in [2.05, 4.69) is 18.7 Å². The zero-order chi connectivity index (χ0) is 22.9. The van der Waals surface area contributed by atoms with Crippen molar-refractivity contribution >= 4 is 21.6 Å². The summed E-state index contributed by atoms with van der Waals surface area (Å²) in [5.41, 5.74) is 1.32. The Bertz CT molecular complexity index is 1060. The molecule has 4 rings (SSSR count). The first kappa shape index (κ1) is 22.7. The van der Waals surface area contributed by atoms with Gasteiger partial charge in [-0.1, -0.05) is 19.9 Å². The molecule has 0 aromatic heterocycles. The van der Waals surface area contributed by atoms with Gasteiger partial charge in [0.05, 0.1) is 4.90 Å². The molecule has 172 valence electrons. The number of carbonyl (C=O) groups excluding carboxylic acids is 1. The highest BCUT2D eigenvalue weighted by atomic mass is 32.2. The summed E-state index contributed by atoms with van der Waals surface area (Å²) in [5, 5.41) is 0. The van der Waals surface area contributed by atoms with Gasteiger partial charge in [-0.2, -0.15) is 4.31 Å². The number of carbonyl (C=O) groups is 1. The average molecular weight is 460 g/mol. The van der Waals surface area contributed by atoms with Gasteiger partial charge in [0.25, 0.3) is 5.91 Å². The Kier molecular flexibility index (Phi) is 6.53. The molecule has 2 aromatic carbocycles. The molecular weight excluding hydrogens is 429 g/mol. The van der Waals surface area contributed by atoms with E-state index in [4.69, 9.17) is 0 Å². The number of benzene rings is 2. The van der Waals surface area contributed by atoms with E-state index >= 15 is 0 Å². The summed E-state index contributed by atoms with van der Waals surface area (Å²) >= 11 is 0. The zero-order valence-electron chi connectivity index (χ0n) is 18.6. The van der Waals surface area contributed by atoms with Crippen molar-refractivity contribution < 1.29 is 17.6 Å². The molecule has 1 amide bonds. The molecule has 2 heterocycles. The SMILES string of the molecule is C[C@@H]1C[C@@H](C)CN(S(=O)(=O)c2cccc(C(=O)N3CCN(c4ccc(F)cc4)CC3)c2)C1. The predicted octanol–water partition coefficient (Wildman–Crippen LogP) is 3.45. The summed E-state index contributed by atoms with van der Waals surface area (Å²) in [6, 6.07) is 12.7. The summed E-state index contributed by atoms with van der Waals surface area (Å²) in [5.74, 6) is 0.193. The molecule has 32 heavy (non-hydrogen) atoms. The van der Waals surface area contributed by atoms with Gasteiger partial charge in [0, 0.05) is 50.5 Å². The summed E-state index contributed by atoms with van der Waals surface area (Å²) in [7, 11) is -3.64. The van der Waals surface area contributed by atoms with Crippen LogP contribution < -0.4 is 4.90 Å². The van der Waals surface area contributed by atoms with Crippen LogP contribution in [0.4, 0.5) is 10.1 Å². The minimum Gasteiger partial charge on any atom is -0.368 e. The Hall–Kier alpha value is -2.45. The molecule has 0 bridgehead atoms. The molecular formula is C24H30FN3O3S. The van der Waals surface area contributed by atoms with Crippen molar-refractivity contribution in [3.63, 3.8) is 0 Å². The number of nitrogens with zero attached hydrogens (tertiary/aromatic N) is 3. The molecule has 2 aromatic rings. The van der Waals surface area contributed by atoms with Crippen molar-refractivity contribution in [2.45, 2.75) is 25.2 Å². The first-order valence-corrected chi connectivity index (χ1v) is 12.6. The molecule has 2 atom stereocenters. The number of sulfonamides is 1. The second kappa shape index (κ2) is 9.19. The van der Waals surface area contributed by atoms with Crippen LogP contribution in [0.2, 0.25) is 0 Å². The number of halogens is 1. The normalized spacial score (nSPS) is 22.7. The second-order valence-corrected chi connectivity index (χ2v) is 11.0.